The Morgan fingerprint density at radius 1 is 1.24 bits per heavy atom. The second-order valence-corrected chi connectivity index (χ2v) is 5.34. The Hall–Kier alpha value is -0.120. The van der Waals surface area contributed by atoms with E-state index in [0.29, 0.717) is 12.6 Å². The molecule has 1 rings (SSSR count). The largest absolute Gasteiger partial charge is 0.396 e. The normalized spacial score (nSPS) is 26.3. The second kappa shape index (κ2) is 8.90. The van der Waals surface area contributed by atoms with Crippen LogP contribution in [0, 0.1) is 5.92 Å². The van der Waals surface area contributed by atoms with Crippen molar-refractivity contribution in [3.63, 3.8) is 0 Å². The Balaban J connectivity index is 2.37. The van der Waals surface area contributed by atoms with Crippen LogP contribution in [0.3, 0.4) is 0 Å². The number of nitrogens with zero attached hydrogens (tertiary/aromatic N) is 1. The first-order chi connectivity index (χ1) is 8.30. The molecule has 0 aliphatic carbocycles. The molecule has 0 bridgehead atoms. The lowest BCUT2D eigenvalue weighted by atomic mass is 9.90. The molecule has 2 N–H and O–H groups in total. The van der Waals surface area contributed by atoms with Crippen molar-refractivity contribution >= 4 is 0 Å². The van der Waals surface area contributed by atoms with E-state index < -0.39 is 0 Å². The first-order valence-electron chi connectivity index (χ1n) is 7.36. The van der Waals surface area contributed by atoms with Gasteiger partial charge in [0.1, 0.15) is 0 Å². The maximum absolute atomic E-state index is 8.94. The molecule has 1 fully saturated rings. The Morgan fingerprint density at radius 3 is 2.71 bits per heavy atom. The van der Waals surface area contributed by atoms with Crippen LogP contribution in [0.2, 0.25) is 0 Å². The summed E-state index contributed by atoms with van der Waals surface area (Å²) >= 11 is 0. The van der Waals surface area contributed by atoms with Gasteiger partial charge in [0, 0.05) is 25.7 Å². The number of likely N-dealkylation sites (tertiary alicyclic amines) is 1. The van der Waals surface area contributed by atoms with Gasteiger partial charge in [-0.15, -0.1) is 0 Å². The quantitative estimate of drug-likeness (QED) is 0.682. The molecule has 3 nitrogen and oxygen atoms in total. The van der Waals surface area contributed by atoms with Gasteiger partial charge >= 0.3 is 0 Å². The fourth-order valence-electron chi connectivity index (χ4n) is 2.89. The van der Waals surface area contributed by atoms with Crippen molar-refractivity contribution in [3.05, 3.63) is 0 Å². The fourth-order valence-corrected chi connectivity index (χ4v) is 2.89. The Labute approximate surface area is 107 Å². The van der Waals surface area contributed by atoms with Gasteiger partial charge in [-0.25, -0.2) is 0 Å². The van der Waals surface area contributed by atoms with E-state index >= 15 is 0 Å². The van der Waals surface area contributed by atoms with Crippen LogP contribution in [-0.4, -0.2) is 48.8 Å². The third-order valence-electron chi connectivity index (χ3n) is 3.70. The lowest BCUT2D eigenvalue weighted by Crippen LogP contribution is -2.49. The summed E-state index contributed by atoms with van der Waals surface area (Å²) in [6, 6.07) is 0.661. The summed E-state index contributed by atoms with van der Waals surface area (Å²) in [7, 11) is 0. The van der Waals surface area contributed by atoms with Crippen molar-refractivity contribution in [3.8, 4) is 0 Å². The van der Waals surface area contributed by atoms with Gasteiger partial charge in [0.05, 0.1) is 0 Å². The molecule has 1 aliphatic heterocycles. The number of hydrogen-bond acceptors (Lipinski definition) is 3. The molecule has 2 atom stereocenters. The zero-order chi connectivity index (χ0) is 12.5. The first kappa shape index (κ1) is 14.9. The smallest absolute Gasteiger partial charge is 0.0431 e. The molecule has 1 saturated heterocycles. The van der Waals surface area contributed by atoms with Crippen LogP contribution in [0.4, 0.5) is 0 Å². The Bertz CT molecular complexity index is 171. The SMILES string of the molecule is CCCCN1CC(CCCO)CC(NCC)C1. The minimum Gasteiger partial charge on any atom is -0.396 e. The number of rotatable bonds is 8. The molecule has 0 aromatic carbocycles. The maximum Gasteiger partial charge on any atom is 0.0431 e. The average Bonchev–Trinajstić information content (AvgIpc) is 2.34. The number of nitrogens with one attached hydrogen (secondary N) is 1. The van der Waals surface area contributed by atoms with Gasteiger partial charge in [0.25, 0.3) is 0 Å². The molecule has 0 radical (unpaired) electrons. The van der Waals surface area contributed by atoms with Crippen molar-refractivity contribution in [2.24, 2.45) is 5.92 Å². The molecular weight excluding hydrogens is 212 g/mol. The van der Waals surface area contributed by atoms with Gasteiger partial charge in [-0.3, -0.25) is 0 Å². The van der Waals surface area contributed by atoms with Gasteiger partial charge < -0.3 is 15.3 Å². The summed E-state index contributed by atoms with van der Waals surface area (Å²) in [4.78, 5) is 2.61. The standard InChI is InChI=1S/C14H30N2O/c1-3-5-8-16-11-13(7-6-9-17)10-14(12-16)15-4-2/h13-15,17H,3-12H2,1-2H3. The molecule has 1 aliphatic rings. The fraction of sp³-hybridized carbons (Fsp3) is 1.00. The van der Waals surface area contributed by atoms with E-state index in [0.717, 1.165) is 18.9 Å². The van der Waals surface area contributed by atoms with Crippen LogP contribution >= 0.6 is 0 Å². The lowest BCUT2D eigenvalue weighted by molar-refractivity contribution is 0.129. The highest BCUT2D eigenvalue weighted by molar-refractivity contribution is 4.83. The molecule has 0 aromatic heterocycles. The van der Waals surface area contributed by atoms with Crippen LogP contribution in [0.25, 0.3) is 0 Å². The number of piperidine rings is 1. The molecule has 2 unspecified atom stereocenters. The topological polar surface area (TPSA) is 35.5 Å². The summed E-state index contributed by atoms with van der Waals surface area (Å²) in [5.74, 6) is 0.775. The molecule has 102 valence electrons. The van der Waals surface area contributed by atoms with Crippen molar-refractivity contribution in [1.29, 1.82) is 0 Å². The number of aliphatic hydroxyl groups excluding tert-OH is 1. The predicted molar refractivity (Wildman–Crippen MR) is 73.2 cm³/mol. The summed E-state index contributed by atoms with van der Waals surface area (Å²) in [5.41, 5.74) is 0. The Morgan fingerprint density at radius 2 is 2.06 bits per heavy atom. The van der Waals surface area contributed by atoms with E-state index in [1.165, 1.54) is 45.3 Å². The van der Waals surface area contributed by atoms with Crippen LogP contribution in [0.1, 0.15) is 46.0 Å². The highest BCUT2D eigenvalue weighted by atomic mass is 16.2. The van der Waals surface area contributed by atoms with Crippen LogP contribution < -0.4 is 5.32 Å². The van der Waals surface area contributed by atoms with Crippen LogP contribution in [0.15, 0.2) is 0 Å². The van der Waals surface area contributed by atoms with Gasteiger partial charge in [-0.1, -0.05) is 20.3 Å². The first-order valence-corrected chi connectivity index (χ1v) is 7.36. The number of likely N-dealkylation sites (N-methyl/N-ethyl adjacent to an activating group) is 1. The molecule has 0 aromatic rings. The van der Waals surface area contributed by atoms with Gasteiger partial charge in [-0.05, 0) is 44.7 Å². The zero-order valence-corrected chi connectivity index (χ0v) is 11.6. The minimum atomic E-state index is 0.345. The number of hydrogen-bond donors (Lipinski definition) is 2. The van der Waals surface area contributed by atoms with Crippen molar-refractivity contribution in [1.82, 2.24) is 10.2 Å². The van der Waals surface area contributed by atoms with E-state index in [9.17, 15) is 0 Å². The summed E-state index contributed by atoms with van der Waals surface area (Å²) in [6.07, 6.45) is 6.03. The zero-order valence-electron chi connectivity index (χ0n) is 11.6. The Kier molecular flexibility index (Phi) is 7.82. The third kappa shape index (κ3) is 5.84. The average molecular weight is 242 g/mol. The molecule has 1 heterocycles. The molecular formula is C14H30N2O. The summed E-state index contributed by atoms with van der Waals surface area (Å²) < 4.78 is 0. The monoisotopic (exact) mass is 242 g/mol. The summed E-state index contributed by atoms with van der Waals surface area (Å²) in [6.45, 7) is 9.55. The van der Waals surface area contributed by atoms with E-state index in [4.69, 9.17) is 5.11 Å². The van der Waals surface area contributed by atoms with Crippen molar-refractivity contribution in [2.75, 3.05) is 32.8 Å². The molecule has 0 amide bonds. The van der Waals surface area contributed by atoms with Gasteiger partial charge in [-0.2, -0.15) is 0 Å². The highest BCUT2D eigenvalue weighted by Gasteiger charge is 2.25. The summed E-state index contributed by atoms with van der Waals surface area (Å²) in [5, 5.41) is 12.5. The third-order valence-corrected chi connectivity index (χ3v) is 3.70. The maximum atomic E-state index is 8.94. The second-order valence-electron chi connectivity index (χ2n) is 5.34. The minimum absolute atomic E-state index is 0.345. The van der Waals surface area contributed by atoms with E-state index in [-0.39, 0.29) is 0 Å². The van der Waals surface area contributed by atoms with E-state index in [2.05, 4.69) is 24.1 Å². The van der Waals surface area contributed by atoms with Gasteiger partial charge in [0.2, 0.25) is 0 Å². The van der Waals surface area contributed by atoms with Crippen molar-refractivity contribution in [2.45, 2.75) is 52.0 Å². The highest BCUT2D eigenvalue weighted by Crippen LogP contribution is 2.21. The molecule has 0 spiro atoms. The van der Waals surface area contributed by atoms with Crippen molar-refractivity contribution < 1.29 is 5.11 Å². The molecule has 3 heteroatoms. The van der Waals surface area contributed by atoms with Gasteiger partial charge in [0.15, 0.2) is 0 Å². The number of unbranched alkanes of at least 4 members (excludes halogenated alkanes) is 1. The molecule has 17 heavy (non-hydrogen) atoms. The van der Waals surface area contributed by atoms with E-state index in [1.54, 1.807) is 0 Å². The number of aliphatic hydroxyl groups is 1. The van der Waals surface area contributed by atoms with E-state index in [1.807, 2.05) is 0 Å². The molecule has 0 saturated carbocycles. The van der Waals surface area contributed by atoms with Crippen LogP contribution in [-0.2, 0) is 0 Å². The predicted octanol–water partition coefficient (Wildman–Crippen LogP) is 1.86. The lowest BCUT2D eigenvalue weighted by Gasteiger charge is -2.38. The van der Waals surface area contributed by atoms with Crippen LogP contribution in [0.5, 0.6) is 0 Å².